The molecule has 2 atom stereocenters. The van der Waals surface area contributed by atoms with Crippen molar-refractivity contribution in [2.24, 2.45) is 5.92 Å². The van der Waals surface area contributed by atoms with Crippen LogP contribution in [0.2, 0.25) is 0 Å². The molecule has 2 fully saturated rings. The first-order chi connectivity index (χ1) is 8.24. The van der Waals surface area contributed by atoms with Crippen molar-refractivity contribution >= 4 is 0 Å². The summed E-state index contributed by atoms with van der Waals surface area (Å²) in [7, 11) is 4.49. The van der Waals surface area contributed by atoms with Crippen LogP contribution in [0.15, 0.2) is 0 Å². The van der Waals surface area contributed by atoms with E-state index in [1.165, 1.54) is 51.4 Å². The van der Waals surface area contributed by atoms with Crippen molar-refractivity contribution in [1.82, 2.24) is 10.2 Å². The van der Waals surface area contributed by atoms with Gasteiger partial charge in [-0.1, -0.05) is 13.3 Å². The fourth-order valence-electron chi connectivity index (χ4n) is 3.85. The van der Waals surface area contributed by atoms with Gasteiger partial charge in [0.05, 0.1) is 0 Å². The molecule has 0 aromatic rings. The molecule has 2 unspecified atom stereocenters. The zero-order valence-corrected chi connectivity index (χ0v) is 11.9. The van der Waals surface area contributed by atoms with Crippen molar-refractivity contribution in [3.8, 4) is 0 Å². The molecule has 2 rings (SSSR count). The summed E-state index contributed by atoms with van der Waals surface area (Å²) in [6.07, 6.45) is 11.3. The van der Waals surface area contributed by atoms with E-state index in [0.29, 0.717) is 0 Å². The van der Waals surface area contributed by atoms with Gasteiger partial charge in [0, 0.05) is 18.1 Å². The van der Waals surface area contributed by atoms with Crippen LogP contribution in [0.3, 0.4) is 0 Å². The summed E-state index contributed by atoms with van der Waals surface area (Å²) in [5, 5.41) is 3.44. The van der Waals surface area contributed by atoms with E-state index in [2.05, 4.69) is 31.2 Å². The third kappa shape index (κ3) is 3.23. The summed E-state index contributed by atoms with van der Waals surface area (Å²) < 4.78 is 0. The Morgan fingerprint density at radius 1 is 1.00 bits per heavy atom. The molecule has 2 nitrogen and oxygen atoms in total. The third-order valence-corrected chi connectivity index (χ3v) is 5.36. The molecule has 0 radical (unpaired) electrons. The molecule has 0 saturated heterocycles. The first-order valence-corrected chi connectivity index (χ1v) is 7.63. The second kappa shape index (κ2) is 6.19. The lowest BCUT2D eigenvalue weighted by Gasteiger charge is -2.38. The van der Waals surface area contributed by atoms with Crippen molar-refractivity contribution in [3.63, 3.8) is 0 Å². The van der Waals surface area contributed by atoms with Gasteiger partial charge in [0.1, 0.15) is 0 Å². The maximum atomic E-state index is 3.44. The molecular weight excluding hydrogens is 208 g/mol. The number of nitrogens with one attached hydrogen (secondary N) is 1. The highest BCUT2D eigenvalue weighted by atomic mass is 15.2. The summed E-state index contributed by atoms with van der Waals surface area (Å²) in [5.74, 6) is 1.02. The largest absolute Gasteiger partial charge is 0.317 e. The SMILES string of the molecule is CCC1CCC(N(C)C2CCC(NC)C2)CC1. The van der Waals surface area contributed by atoms with Crippen LogP contribution in [0.1, 0.15) is 58.3 Å². The molecule has 1 N–H and O–H groups in total. The molecule has 2 heteroatoms. The summed E-state index contributed by atoms with van der Waals surface area (Å²) in [6.45, 7) is 2.35. The fourth-order valence-corrected chi connectivity index (χ4v) is 3.85. The highest BCUT2D eigenvalue weighted by molar-refractivity contribution is 4.89. The molecule has 0 aliphatic heterocycles. The van der Waals surface area contributed by atoms with Gasteiger partial charge in [-0.15, -0.1) is 0 Å². The van der Waals surface area contributed by atoms with Crippen LogP contribution < -0.4 is 5.32 Å². The summed E-state index contributed by atoms with van der Waals surface area (Å²) >= 11 is 0. The van der Waals surface area contributed by atoms with Crippen LogP contribution in [-0.4, -0.2) is 37.1 Å². The Bertz CT molecular complexity index is 221. The molecule has 0 spiro atoms. The molecule has 100 valence electrons. The Hall–Kier alpha value is -0.0800. The van der Waals surface area contributed by atoms with Crippen molar-refractivity contribution in [2.75, 3.05) is 14.1 Å². The fraction of sp³-hybridized carbons (Fsp3) is 1.00. The van der Waals surface area contributed by atoms with E-state index >= 15 is 0 Å². The number of rotatable bonds is 4. The number of hydrogen-bond acceptors (Lipinski definition) is 2. The van der Waals surface area contributed by atoms with Gasteiger partial charge in [0.25, 0.3) is 0 Å². The minimum Gasteiger partial charge on any atom is -0.317 e. The molecular formula is C15H30N2. The van der Waals surface area contributed by atoms with Gasteiger partial charge < -0.3 is 10.2 Å². The predicted molar refractivity (Wildman–Crippen MR) is 74.3 cm³/mol. The van der Waals surface area contributed by atoms with Gasteiger partial charge >= 0.3 is 0 Å². The van der Waals surface area contributed by atoms with Gasteiger partial charge in [0.2, 0.25) is 0 Å². The van der Waals surface area contributed by atoms with E-state index in [4.69, 9.17) is 0 Å². The molecule has 0 amide bonds. The van der Waals surface area contributed by atoms with Crippen molar-refractivity contribution in [2.45, 2.75) is 76.4 Å². The Balaban J connectivity index is 1.78. The smallest absolute Gasteiger partial charge is 0.0110 e. The molecule has 2 aliphatic carbocycles. The minimum absolute atomic E-state index is 0.773. The first-order valence-electron chi connectivity index (χ1n) is 7.63. The molecule has 2 aliphatic rings. The van der Waals surface area contributed by atoms with Crippen LogP contribution in [0.25, 0.3) is 0 Å². The lowest BCUT2D eigenvalue weighted by atomic mass is 9.83. The zero-order valence-electron chi connectivity index (χ0n) is 11.9. The van der Waals surface area contributed by atoms with Crippen LogP contribution in [0.4, 0.5) is 0 Å². The van der Waals surface area contributed by atoms with Gasteiger partial charge in [-0.25, -0.2) is 0 Å². The maximum absolute atomic E-state index is 3.44. The summed E-state index contributed by atoms with van der Waals surface area (Å²) in [4.78, 5) is 2.71. The van der Waals surface area contributed by atoms with Crippen molar-refractivity contribution in [3.05, 3.63) is 0 Å². The van der Waals surface area contributed by atoms with Gasteiger partial charge in [-0.05, 0) is 65.0 Å². The average molecular weight is 238 g/mol. The van der Waals surface area contributed by atoms with E-state index in [1.807, 2.05) is 0 Å². The lowest BCUT2D eigenvalue weighted by Crippen LogP contribution is -2.41. The third-order valence-electron chi connectivity index (χ3n) is 5.36. The van der Waals surface area contributed by atoms with E-state index in [0.717, 1.165) is 24.0 Å². The Morgan fingerprint density at radius 2 is 1.65 bits per heavy atom. The van der Waals surface area contributed by atoms with Gasteiger partial charge in [-0.2, -0.15) is 0 Å². The zero-order chi connectivity index (χ0) is 12.3. The maximum Gasteiger partial charge on any atom is 0.0110 e. The Labute approximate surface area is 107 Å². The van der Waals surface area contributed by atoms with Crippen LogP contribution in [0.5, 0.6) is 0 Å². The first kappa shape index (κ1) is 13.4. The Kier molecular flexibility index (Phi) is 4.87. The molecule has 0 heterocycles. The predicted octanol–water partition coefficient (Wildman–Crippen LogP) is 3.03. The second-order valence-electron chi connectivity index (χ2n) is 6.20. The minimum atomic E-state index is 0.773. The van der Waals surface area contributed by atoms with Crippen molar-refractivity contribution < 1.29 is 0 Å². The summed E-state index contributed by atoms with van der Waals surface area (Å²) in [5.41, 5.74) is 0. The molecule has 0 bridgehead atoms. The average Bonchev–Trinajstić information content (AvgIpc) is 2.87. The van der Waals surface area contributed by atoms with E-state index in [9.17, 15) is 0 Å². The monoisotopic (exact) mass is 238 g/mol. The molecule has 0 aromatic carbocycles. The normalized spacial score (nSPS) is 38.8. The highest BCUT2D eigenvalue weighted by Gasteiger charge is 2.31. The molecule has 17 heavy (non-hydrogen) atoms. The van der Waals surface area contributed by atoms with Gasteiger partial charge in [-0.3, -0.25) is 0 Å². The lowest BCUT2D eigenvalue weighted by molar-refractivity contribution is 0.120. The van der Waals surface area contributed by atoms with E-state index in [1.54, 1.807) is 0 Å². The highest BCUT2D eigenvalue weighted by Crippen LogP contribution is 2.32. The quantitative estimate of drug-likeness (QED) is 0.810. The Morgan fingerprint density at radius 3 is 2.18 bits per heavy atom. The van der Waals surface area contributed by atoms with Crippen LogP contribution in [-0.2, 0) is 0 Å². The topological polar surface area (TPSA) is 15.3 Å². The summed E-state index contributed by atoms with van der Waals surface area (Å²) in [6, 6.07) is 2.49. The van der Waals surface area contributed by atoms with Crippen LogP contribution in [0, 0.1) is 5.92 Å². The van der Waals surface area contributed by atoms with Crippen molar-refractivity contribution in [1.29, 1.82) is 0 Å². The standard InChI is InChI=1S/C15H30N2/c1-4-12-5-8-14(9-6-12)17(3)15-10-7-13(11-15)16-2/h12-16H,4-11H2,1-3H3. The van der Waals surface area contributed by atoms with E-state index in [-0.39, 0.29) is 0 Å². The number of hydrogen-bond donors (Lipinski definition) is 1. The van der Waals surface area contributed by atoms with Gasteiger partial charge in [0.15, 0.2) is 0 Å². The molecule has 2 saturated carbocycles. The van der Waals surface area contributed by atoms with E-state index < -0.39 is 0 Å². The number of nitrogens with zero attached hydrogens (tertiary/aromatic N) is 1. The second-order valence-corrected chi connectivity index (χ2v) is 6.20. The van der Waals surface area contributed by atoms with Crippen LogP contribution >= 0.6 is 0 Å². The molecule has 0 aromatic heterocycles.